The van der Waals surface area contributed by atoms with Gasteiger partial charge in [-0.2, -0.15) is 0 Å². The highest BCUT2D eigenvalue weighted by molar-refractivity contribution is 5.81. The van der Waals surface area contributed by atoms with Crippen molar-refractivity contribution in [2.75, 3.05) is 27.2 Å². The number of allylic oxidation sites excluding steroid dienone is 1. The minimum atomic E-state index is 0.0998. The second kappa shape index (κ2) is 5.21. The van der Waals surface area contributed by atoms with Crippen LogP contribution in [0.15, 0.2) is 11.3 Å². The number of nitrogens with zero attached hydrogens (tertiary/aromatic N) is 2. The molecule has 1 heterocycles. The molecule has 0 unspecified atom stereocenters. The lowest BCUT2D eigenvalue weighted by Gasteiger charge is -2.33. The molecule has 1 aliphatic rings. The normalized spacial score (nSPS) is 17.2. The Labute approximate surface area is 105 Å². The summed E-state index contributed by atoms with van der Waals surface area (Å²) in [5, 5.41) is 0. The Morgan fingerprint density at radius 3 is 2.47 bits per heavy atom. The first-order chi connectivity index (χ1) is 7.79. The molecule has 0 saturated heterocycles. The van der Waals surface area contributed by atoms with Crippen LogP contribution in [0.3, 0.4) is 0 Å². The summed E-state index contributed by atoms with van der Waals surface area (Å²) in [6, 6.07) is 0. The molecule has 0 spiro atoms. The highest BCUT2D eigenvalue weighted by Crippen LogP contribution is 2.39. The minimum Gasteiger partial charge on any atom is -0.314 e. The van der Waals surface area contributed by atoms with Gasteiger partial charge in [-0.3, -0.25) is 4.79 Å². The second-order valence-corrected chi connectivity index (χ2v) is 5.90. The molecular formula is C14H26N2O. The van der Waals surface area contributed by atoms with E-state index in [1.54, 1.807) is 0 Å². The zero-order chi connectivity index (χ0) is 13.2. The fourth-order valence-electron chi connectivity index (χ4n) is 2.46. The van der Waals surface area contributed by atoms with E-state index < -0.39 is 0 Å². The van der Waals surface area contributed by atoms with E-state index in [0.717, 1.165) is 19.4 Å². The van der Waals surface area contributed by atoms with Gasteiger partial charge in [-0.05, 0) is 33.9 Å². The Balaban J connectivity index is 2.92. The average molecular weight is 238 g/mol. The smallest absolute Gasteiger partial charge is 0.240 e. The van der Waals surface area contributed by atoms with Gasteiger partial charge in [0.2, 0.25) is 5.91 Å². The monoisotopic (exact) mass is 238 g/mol. The third kappa shape index (κ3) is 3.09. The maximum Gasteiger partial charge on any atom is 0.240 e. The van der Waals surface area contributed by atoms with Crippen molar-refractivity contribution in [3.8, 4) is 0 Å². The van der Waals surface area contributed by atoms with Crippen LogP contribution in [-0.4, -0.2) is 42.9 Å². The zero-order valence-electron chi connectivity index (χ0n) is 12.1. The van der Waals surface area contributed by atoms with Gasteiger partial charge in [-0.15, -0.1) is 0 Å². The first-order valence-corrected chi connectivity index (χ1v) is 6.45. The fraction of sp³-hybridized carbons (Fsp3) is 0.786. The van der Waals surface area contributed by atoms with E-state index in [0.29, 0.717) is 6.54 Å². The van der Waals surface area contributed by atoms with Crippen molar-refractivity contribution < 1.29 is 4.79 Å². The van der Waals surface area contributed by atoms with Crippen molar-refractivity contribution in [2.24, 2.45) is 5.41 Å². The third-order valence-corrected chi connectivity index (χ3v) is 3.66. The lowest BCUT2D eigenvalue weighted by molar-refractivity contribution is -0.130. The van der Waals surface area contributed by atoms with Crippen LogP contribution in [0.4, 0.5) is 0 Å². The Morgan fingerprint density at radius 2 is 2.00 bits per heavy atom. The van der Waals surface area contributed by atoms with Gasteiger partial charge in [-0.25, -0.2) is 0 Å². The van der Waals surface area contributed by atoms with Gasteiger partial charge < -0.3 is 9.80 Å². The van der Waals surface area contributed by atoms with Gasteiger partial charge in [0.25, 0.3) is 0 Å². The van der Waals surface area contributed by atoms with Crippen LogP contribution in [0.25, 0.3) is 0 Å². The van der Waals surface area contributed by atoms with Crippen molar-refractivity contribution in [3.05, 3.63) is 11.3 Å². The molecule has 3 nitrogen and oxygen atoms in total. The zero-order valence-corrected chi connectivity index (χ0v) is 12.1. The molecule has 0 fully saturated rings. The molecule has 1 aliphatic heterocycles. The molecule has 0 aromatic heterocycles. The van der Waals surface area contributed by atoms with E-state index in [-0.39, 0.29) is 11.3 Å². The van der Waals surface area contributed by atoms with Gasteiger partial charge >= 0.3 is 0 Å². The van der Waals surface area contributed by atoms with Crippen LogP contribution in [-0.2, 0) is 4.79 Å². The van der Waals surface area contributed by atoms with Gasteiger partial charge in [0.15, 0.2) is 0 Å². The Kier molecular flexibility index (Phi) is 4.36. The highest BCUT2D eigenvalue weighted by atomic mass is 16.2. The lowest BCUT2D eigenvalue weighted by Crippen LogP contribution is -2.39. The van der Waals surface area contributed by atoms with Crippen LogP contribution >= 0.6 is 0 Å². The number of hydrogen-bond acceptors (Lipinski definition) is 2. The first kappa shape index (κ1) is 14.2. The van der Waals surface area contributed by atoms with Crippen molar-refractivity contribution in [1.82, 2.24) is 9.80 Å². The van der Waals surface area contributed by atoms with Crippen LogP contribution < -0.4 is 0 Å². The number of carbonyl (C=O) groups excluding carboxylic acids is 1. The summed E-state index contributed by atoms with van der Waals surface area (Å²) in [5.74, 6) is 0.225. The molecule has 17 heavy (non-hydrogen) atoms. The standard InChI is InChI=1S/C14H26N2O/c1-7-14(3,4)13-11(2)8-9-16(13)12(17)10-15(5)6/h7-10H2,1-6H3. The molecule has 0 saturated carbocycles. The van der Waals surface area contributed by atoms with Crippen molar-refractivity contribution in [2.45, 2.75) is 40.5 Å². The maximum absolute atomic E-state index is 12.2. The van der Waals surface area contributed by atoms with Gasteiger partial charge in [0.1, 0.15) is 0 Å². The van der Waals surface area contributed by atoms with E-state index in [1.165, 1.54) is 11.3 Å². The van der Waals surface area contributed by atoms with Crippen molar-refractivity contribution in [1.29, 1.82) is 0 Å². The van der Waals surface area contributed by atoms with Crippen LogP contribution in [0.5, 0.6) is 0 Å². The summed E-state index contributed by atoms with van der Waals surface area (Å²) < 4.78 is 0. The number of carbonyl (C=O) groups is 1. The Morgan fingerprint density at radius 1 is 1.41 bits per heavy atom. The molecule has 1 amide bonds. The van der Waals surface area contributed by atoms with E-state index in [9.17, 15) is 4.79 Å². The summed E-state index contributed by atoms with van der Waals surface area (Å²) in [4.78, 5) is 16.2. The Hall–Kier alpha value is -0.830. The van der Waals surface area contributed by atoms with E-state index in [1.807, 2.05) is 23.9 Å². The molecular weight excluding hydrogens is 212 g/mol. The van der Waals surface area contributed by atoms with Gasteiger partial charge in [-0.1, -0.05) is 26.3 Å². The van der Waals surface area contributed by atoms with Crippen LogP contribution in [0.1, 0.15) is 40.5 Å². The van der Waals surface area contributed by atoms with E-state index in [2.05, 4.69) is 27.7 Å². The molecule has 0 radical (unpaired) electrons. The molecule has 1 rings (SSSR count). The summed E-state index contributed by atoms with van der Waals surface area (Å²) in [5.41, 5.74) is 2.73. The topological polar surface area (TPSA) is 23.6 Å². The average Bonchev–Trinajstić information content (AvgIpc) is 2.60. The number of amides is 1. The molecule has 0 atom stereocenters. The number of hydrogen-bond donors (Lipinski definition) is 0. The number of likely N-dealkylation sites (N-methyl/N-ethyl adjacent to an activating group) is 1. The molecule has 98 valence electrons. The van der Waals surface area contributed by atoms with Crippen LogP contribution in [0, 0.1) is 5.41 Å². The first-order valence-electron chi connectivity index (χ1n) is 6.45. The summed E-state index contributed by atoms with van der Waals surface area (Å²) >= 11 is 0. The predicted molar refractivity (Wildman–Crippen MR) is 71.7 cm³/mol. The lowest BCUT2D eigenvalue weighted by atomic mass is 9.84. The predicted octanol–water partition coefficient (Wildman–Crippen LogP) is 2.49. The highest BCUT2D eigenvalue weighted by Gasteiger charge is 2.34. The maximum atomic E-state index is 12.2. The fourth-order valence-corrected chi connectivity index (χ4v) is 2.46. The largest absolute Gasteiger partial charge is 0.314 e. The molecule has 0 aromatic rings. The van der Waals surface area contributed by atoms with Gasteiger partial charge in [0.05, 0.1) is 6.54 Å². The molecule has 0 bridgehead atoms. The SMILES string of the molecule is CCC(C)(C)C1=C(C)CCN1C(=O)CN(C)C. The summed E-state index contributed by atoms with van der Waals surface area (Å²) in [6.07, 6.45) is 2.09. The molecule has 0 aliphatic carbocycles. The molecule has 3 heteroatoms. The summed E-state index contributed by atoms with van der Waals surface area (Å²) in [7, 11) is 3.88. The second-order valence-electron chi connectivity index (χ2n) is 5.90. The Bertz CT molecular complexity index is 329. The van der Waals surface area contributed by atoms with Gasteiger partial charge in [0, 0.05) is 17.7 Å². The van der Waals surface area contributed by atoms with E-state index >= 15 is 0 Å². The van der Waals surface area contributed by atoms with Crippen molar-refractivity contribution in [3.63, 3.8) is 0 Å². The van der Waals surface area contributed by atoms with E-state index in [4.69, 9.17) is 0 Å². The van der Waals surface area contributed by atoms with Crippen molar-refractivity contribution >= 4 is 5.91 Å². The van der Waals surface area contributed by atoms with Crippen LogP contribution in [0.2, 0.25) is 0 Å². The quantitative estimate of drug-likeness (QED) is 0.751. The summed E-state index contributed by atoms with van der Waals surface area (Å²) in [6.45, 7) is 10.2. The third-order valence-electron chi connectivity index (χ3n) is 3.66. The number of rotatable bonds is 4. The molecule has 0 N–H and O–H groups in total. The molecule has 0 aromatic carbocycles. The minimum absolute atomic E-state index is 0.0998.